The fourth-order valence-electron chi connectivity index (χ4n) is 4.18. The molecular formula is C30H38N2O5. The van der Waals surface area contributed by atoms with Crippen molar-refractivity contribution in [3.05, 3.63) is 83.8 Å². The molecule has 3 aromatic rings. The fraction of sp³-hybridized carbons (Fsp3) is 0.400. The van der Waals surface area contributed by atoms with Gasteiger partial charge in [-0.15, -0.1) is 0 Å². The van der Waals surface area contributed by atoms with E-state index in [1.807, 2.05) is 74.5 Å². The second-order valence-electron chi connectivity index (χ2n) is 9.10. The zero-order valence-corrected chi connectivity index (χ0v) is 22.3. The van der Waals surface area contributed by atoms with Crippen molar-refractivity contribution >= 4 is 11.8 Å². The van der Waals surface area contributed by atoms with E-state index in [1.165, 1.54) is 0 Å². The van der Waals surface area contributed by atoms with Crippen molar-refractivity contribution in [1.29, 1.82) is 0 Å². The van der Waals surface area contributed by atoms with E-state index in [4.69, 9.17) is 13.9 Å². The Kier molecular flexibility index (Phi) is 10.6. The number of hydrogen-bond donors (Lipinski definition) is 0. The van der Waals surface area contributed by atoms with Gasteiger partial charge in [0.2, 0.25) is 11.8 Å². The third-order valence-electron chi connectivity index (χ3n) is 6.62. The van der Waals surface area contributed by atoms with Crippen LogP contribution in [0.5, 0.6) is 11.5 Å². The van der Waals surface area contributed by atoms with Gasteiger partial charge in [-0.3, -0.25) is 9.59 Å². The van der Waals surface area contributed by atoms with Gasteiger partial charge in [-0.05, 0) is 61.6 Å². The predicted octanol–water partition coefficient (Wildman–Crippen LogP) is 5.13. The average Bonchev–Trinajstić information content (AvgIpc) is 3.45. The van der Waals surface area contributed by atoms with Crippen molar-refractivity contribution < 1.29 is 23.5 Å². The molecule has 0 bridgehead atoms. The Balaban J connectivity index is 1.71. The zero-order valence-electron chi connectivity index (χ0n) is 22.3. The molecule has 1 heterocycles. The molecular weight excluding hydrogens is 468 g/mol. The third-order valence-corrected chi connectivity index (χ3v) is 6.62. The Labute approximate surface area is 220 Å². The van der Waals surface area contributed by atoms with E-state index in [2.05, 4.69) is 0 Å². The molecule has 0 N–H and O–H groups in total. The molecule has 3 rings (SSSR count). The lowest BCUT2D eigenvalue weighted by Gasteiger charge is -2.31. The largest absolute Gasteiger partial charge is 0.493 e. The number of ether oxygens (including phenoxy) is 2. The minimum atomic E-state index is -0.106. The highest BCUT2D eigenvalue weighted by molar-refractivity contribution is 5.85. The molecule has 7 nitrogen and oxygen atoms in total. The summed E-state index contributed by atoms with van der Waals surface area (Å²) in [6.45, 7) is 4.88. The van der Waals surface area contributed by atoms with Crippen molar-refractivity contribution in [3.8, 4) is 11.5 Å². The van der Waals surface area contributed by atoms with E-state index >= 15 is 0 Å². The summed E-state index contributed by atoms with van der Waals surface area (Å²) in [5.41, 5.74) is 2.13. The van der Waals surface area contributed by atoms with Crippen LogP contribution in [0.3, 0.4) is 0 Å². The number of rotatable bonds is 14. The lowest BCUT2D eigenvalue weighted by Crippen LogP contribution is -2.46. The average molecular weight is 507 g/mol. The maximum absolute atomic E-state index is 13.6. The maximum atomic E-state index is 13.6. The maximum Gasteiger partial charge on any atom is 0.242 e. The van der Waals surface area contributed by atoms with Gasteiger partial charge in [0.15, 0.2) is 11.5 Å². The first-order valence-electron chi connectivity index (χ1n) is 12.8. The normalized spacial score (nSPS) is 11.6. The van der Waals surface area contributed by atoms with Crippen LogP contribution in [-0.4, -0.2) is 55.0 Å². The highest BCUT2D eigenvalue weighted by Crippen LogP contribution is 2.28. The molecule has 1 atom stereocenters. The van der Waals surface area contributed by atoms with Crippen molar-refractivity contribution in [3.63, 3.8) is 0 Å². The Morgan fingerprint density at radius 1 is 0.892 bits per heavy atom. The second-order valence-corrected chi connectivity index (χ2v) is 9.10. The van der Waals surface area contributed by atoms with E-state index in [0.717, 1.165) is 17.5 Å². The van der Waals surface area contributed by atoms with E-state index in [0.29, 0.717) is 49.6 Å². The van der Waals surface area contributed by atoms with Gasteiger partial charge >= 0.3 is 0 Å². The Hall–Kier alpha value is -3.74. The molecule has 0 spiro atoms. The number of benzene rings is 2. The van der Waals surface area contributed by atoms with Crippen LogP contribution in [-0.2, 0) is 29.0 Å². The molecule has 0 aliphatic rings. The van der Waals surface area contributed by atoms with Crippen LogP contribution >= 0.6 is 0 Å². The molecule has 0 saturated carbocycles. The van der Waals surface area contributed by atoms with Crippen molar-refractivity contribution in [2.24, 2.45) is 0 Å². The van der Waals surface area contributed by atoms with Crippen LogP contribution in [0.1, 0.15) is 43.6 Å². The van der Waals surface area contributed by atoms with Gasteiger partial charge in [0.1, 0.15) is 12.3 Å². The van der Waals surface area contributed by atoms with Gasteiger partial charge in [0, 0.05) is 19.0 Å². The van der Waals surface area contributed by atoms with Gasteiger partial charge in [-0.2, -0.15) is 0 Å². The molecule has 0 saturated heterocycles. The summed E-state index contributed by atoms with van der Waals surface area (Å²) in [6.07, 6.45) is 4.01. The molecule has 7 heteroatoms. The summed E-state index contributed by atoms with van der Waals surface area (Å²) in [5.74, 6) is 1.89. The van der Waals surface area contributed by atoms with E-state index < -0.39 is 0 Å². The minimum Gasteiger partial charge on any atom is -0.493 e. The molecule has 198 valence electrons. The minimum absolute atomic E-state index is 0.00982. The fourth-order valence-corrected chi connectivity index (χ4v) is 4.18. The van der Waals surface area contributed by atoms with Gasteiger partial charge in [-0.1, -0.05) is 43.3 Å². The Bertz CT molecular complexity index is 1110. The first-order chi connectivity index (χ1) is 17.9. The molecule has 37 heavy (non-hydrogen) atoms. The SMILES string of the molecule is CCC(C)N(CC(=O)N(CCc1ccc(OC)c(OC)c1)Cc1ccco1)C(=O)CCc1ccccc1. The Morgan fingerprint density at radius 2 is 1.65 bits per heavy atom. The molecule has 0 radical (unpaired) electrons. The Morgan fingerprint density at radius 3 is 2.30 bits per heavy atom. The topological polar surface area (TPSA) is 72.2 Å². The van der Waals surface area contributed by atoms with E-state index in [-0.39, 0.29) is 24.4 Å². The summed E-state index contributed by atoms with van der Waals surface area (Å²) in [4.78, 5) is 30.3. The van der Waals surface area contributed by atoms with Crippen molar-refractivity contribution in [2.45, 2.75) is 52.1 Å². The van der Waals surface area contributed by atoms with Crippen LogP contribution in [0, 0.1) is 0 Å². The van der Waals surface area contributed by atoms with E-state index in [1.54, 1.807) is 30.3 Å². The van der Waals surface area contributed by atoms with Crippen LogP contribution in [0.4, 0.5) is 0 Å². The number of nitrogens with zero attached hydrogens (tertiary/aromatic N) is 2. The van der Waals surface area contributed by atoms with Crippen LogP contribution in [0.2, 0.25) is 0 Å². The molecule has 0 fully saturated rings. The van der Waals surface area contributed by atoms with Gasteiger partial charge < -0.3 is 23.7 Å². The predicted molar refractivity (Wildman–Crippen MR) is 144 cm³/mol. The smallest absolute Gasteiger partial charge is 0.242 e. The number of hydrogen-bond acceptors (Lipinski definition) is 5. The highest BCUT2D eigenvalue weighted by Gasteiger charge is 2.25. The molecule has 1 aromatic heterocycles. The van der Waals surface area contributed by atoms with Crippen molar-refractivity contribution in [2.75, 3.05) is 27.3 Å². The second kappa shape index (κ2) is 14.1. The summed E-state index contributed by atoms with van der Waals surface area (Å²) >= 11 is 0. The summed E-state index contributed by atoms with van der Waals surface area (Å²) in [5, 5.41) is 0. The molecule has 0 aliphatic heterocycles. The molecule has 1 unspecified atom stereocenters. The van der Waals surface area contributed by atoms with Crippen LogP contribution in [0.15, 0.2) is 71.3 Å². The van der Waals surface area contributed by atoms with Gasteiger partial charge in [-0.25, -0.2) is 0 Å². The zero-order chi connectivity index (χ0) is 26.6. The standard InChI is InChI=1S/C30H38N2O5/c1-5-23(2)32(29(33)16-14-24-10-7-6-8-11-24)22-30(34)31(21-26-12-9-19-37-26)18-17-25-13-15-27(35-3)28(20-25)36-4/h6-13,15,19-20,23H,5,14,16-18,21-22H2,1-4H3. The van der Waals surface area contributed by atoms with Crippen LogP contribution < -0.4 is 9.47 Å². The lowest BCUT2D eigenvalue weighted by atomic mass is 10.1. The highest BCUT2D eigenvalue weighted by atomic mass is 16.5. The molecule has 2 amide bonds. The first kappa shape index (κ1) is 27.8. The molecule has 2 aromatic carbocycles. The number of methoxy groups -OCH3 is 2. The van der Waals surface area contributed by atoms with Crippen LogP contribution in [0.25, 0.3) is 0 Å². The van der Waals surface area contributed by atoms with E-state index in [9.17, 15) is 9.59 Å². The first-order valence-corrected chi connectivity index (χ1v) is 12.8. The number of carbonyl (C=O) groups excluding carboxylic acids is 2. The van der Waals surface area contributed by atoms with Gasteiger partial charge in [0.25, 0.3) is 0 Å². The number of carbonyl (C=O) groups is 2. The third kappa shape index (κ3) is 8.13. The monoisotopic (exact) mass is 506 g/mol. The number of aryl methyl sites for hydroxylation is 1. The lowest BCUT2D eigenvalue weighted by molar-refractivity contribution is -0.142. The van der Waals surface area contributed by atoms with Crippen molar-refractivity contribution in [1.82, 2.24) is 9.80 Å². The summed E-state index contributed by atoms with van der Waals surface area (Å²) in [7, 11) is 3.21. The summed E-state index contributed by atoms with van der Waals surface area (Å²) < 4.78 is 16.3. The van der Waals surface area contributed by atoms with Gasteiger partial charge in [0.05, 0.1) is 27.0 Å². The number of furan rings is 1. The number of amides is 2. The quantitative estimate of drug-likeness (QED) is 0.303. The summed E-state index contributed by atoms with van der Waals surface area (Å²) in [6, 6.07) is 19.3. The molecule has 0 aliphatic carbocycles.